The molecule has 188 valence electrons. The Balaban J connectivity index is 1.62. The number of anilines is 4. The van der Waals surface area contributed by atoms with Gasteiger partial charge in [-0.1, -0.05) is 18.2 Å². The van der Waals surface area contributed by atoms with Crippen molar-refractivity contribution in [3.8, 4) is 5.75 Å². The Kier molecular flexibility index (Phi) is 6.97. The van der Waals surface area contributed by atoms with Crippen molar-refractivity contribution >= 4 is 50.2 Å². The molecule has 0 amide bonds. The molecule has 0 bridgehead atoms. The molecule has 36 heavy (non-hydrogen) atoms. The van der Waals surface area contributed by atoms with E-state index < -0.39 is 16.0 Å². The number of methoxy groups -OCH3 is 2. The zero-order valence-electron chi connectivity index (χ0n) is 20.2. The third-order valence-electron chi connectivity index (χ3n) is 5.55. The van der Waals surface area contributed by atoms with Crippen molar-refractivity contribution in [1.29, 1.82) is 0 Å². The number of carbonyl (C=O) groups excluding carboxylic acids is 1. The van der Waals surface area contributed by atoms with Crippen molar-refractivity contribution in [2.45, 2.75) is 6.54 Å². The maximum Gasteiger partial charge on any atom is 0.341 e. The molecule has 0 aliphatic heterocycles. The van der Waals surface area contributed by atoms with Gasteiger partial charge in [0.2, 0.25) is 16.0 Å². The first-order valence-electron chi connectivity index (χ1n) is 10.9. The molecule has 0 spiro atoms. The van der Waals surface area contributed by atoms with Gasteiger partial charge >= 0.3 is 5.97 Å². The van der Waals surface area contributed by atoms with Crippen LogP contribution in [0.1, 0.15) is 15.9 Å². The monoisotopic (exact) mass is 510 g/mol. The van der Waals surface area contributed by atoms with Gasteiger partial charge in [0.1, 0.15) is 22.8 Å². The SMILES string of the molecule is COC(=O)c1ccc(Nc2nc(NCc3ccccc3N(C)S(C)(=O)=O)c3cc[nH]c3n2)cc1OC. The number of nitrogens with one attached hydrogen (secondary N) is 3. The average Bonchev–Trinajstić information content (AvgIpc) is 3.34. The van der Waals surface area contributed by atoms with E-state index in [0.717, 1.165) is 17.2 Å². The van der Waals surface area contributed by atoms with Crippen LogP contribution in [-0.4, -0.2) is 56.9 Å². The van der Waals surface area contributed by atoms with E-state index in [1.165, 1.54) is 25.6 Å². The minimum absolute atomic E-state index is 0.298. The zero-order valence-corrected chi connectivity index (χ0v) is 21.0. The van der Waals surface area contributed by atoms with E-state index in [2.05, 4.69) is 25.6 Å². The van der Waals surface area contributed by atoms with Gasteiger partial charge in [0.15, 0.2) is 0 Å². The fourth-order valence-corrected chi connectivity index (χ4v) is 4.17. The Morgan fingerprint density at radius 3 is 2.61 bits per heavy atom. The summed E-state index contributed by atoms with van der Waals surface area (Å²) in [5.41, 5.74) is 2.87. The first-order chi connectivity index (χ1) is 17.2. The van der Waals surface area contributed by atoms with Gasteiger partial charge < -0.3 is 25.1 Å². The van der Waals surface area contributed by atoms with Gasteiger partial charge in [-0.3, -0.25) is 4.31 Å². The first-order valence-corrected chi connectivity index (χ1v) is 12.7. The second kappa shape index (κ2) is 10.1. The number of fused-ring (bicyclic) bond motifs is 1. The summed E-state index contributed by atoms with van der Waals surface area (Å²) < 4.78 is 35.5. The van der Waals surface area contributed by atoms with E-state index in [9.17, 15) is 13.2 Å². The summed E-state index contributed by atoms with van der Waals surface area (Å²) in [5.74, 6) is 0.703. The van der Waals surface area contributed by atoms with Gasteiger partial charge in [-0.25, -0.2) is 13.2 Å². The summed E-state index contributed by atoms with van der Waals surface area (Å²) in [5, 5.41) is 7.20. The number of hydrogen-bond acceptors (Lipinski definition) is 9. The number of sulfonamides is 1. The molecule has 4 aromatic rings. The number of aromatic amines is 1. The maximum absolute atomic E-state index is 12.1. The second-order valence-electron chi connectivity index (χ2n) is 7.88. The summed E-state index contributed by atoms with van der Waals surface area (Å²) in [6, 6.07) is 14.0. The van der Waals surface area contributed by atoms with E-state index in [1.54, 1.807) is 36.5 Å². The van der Waals surface area contributed by atoms with E-state index in [0.29, 0.717) is 46.6 Å². The van der Waals surface area contributed by atoms with Crippen LogP contribution < -0.4 is 19.7 Å². The van der Waals surface area contributed by atoms with E-state index >= 15 is 0 Å². The molecule has 12 heteroatoms. The zero-order chi connectivity index (χ0) is 25.9. The molecular weight excluding hydrogens is 484 g/mol. The van der Waals surface area contributed by atoms with Gasteiger partial charge in [-0.05, 0) is 29.8 Å². The molecule has 0 radical (unpaired) electrons. The number of para-hydroxylation sites is 1. The summed E-state index contributed by atoms with van der Waals surface area (Å²) in [6.45, 7) is 0.328. The molecule has 0 unspecified atom stereocenters. The largest absolute Gasteiger partial charge is 0.496 e. The molecule has 0 atom stereocenters. The van der Waals surface area contributed by atoms with Crippen LogP contribution in [0.2, 0.25) is 0 Å². The predicted molar refractivity (Wildman–Crippen MR) is 139 cm³/mol. The number of H-pyrrole nitrogens is 1. The molecule has 3 N–H and O–H groups in total. The number of carbonyl (C=O) groups is 1. The Hall–Kier alpha value is -4.32. The molecule has 0 aliphatic rings. The number of hydrogen-bond donors (Lipinski definition) is 3. The standard InChI is InChI=1S/C24H26N6O5S/c1-30(36(4,32)33)19-8-6-5-7-15(19)14-26-22-18-11-12-25-21(18)28-24(29-22)27-16-9-10-17(23(31)35-3)20(13-16)34-2/h5-13H,14H2,1-4H3,(H3,25,26,27,28,29). The maximum atomic E-state index is 12.1. The van der Waals surface area contributed by atoms with Crippen molar-refractivity contribution in [2.75, 3.05) is 42.5 Å². The van der Waals surface area contributed by atoms with Gasteiger partial charge in [-0.2, -0.15) is 9.97 Å². The molecule has 2 aromatic carbocycles. The van der Waals surface area contributed by atoms with Crippen LogP contribution in [0.25, 0.3) is 11.0 Å². The van der Waals surface area contributed by atoms with Crippen LogP contribution in [0.5, 0.6) is 5.75 Å². The van der Waals surface area contributed by atoms with Gasteiger partial charge in [-0.15, -0.1) is 0 Å². The summed E-state index contributed by atoms with van der Waals surface area (Å²) in [6.07, 6.45) is 2.92. The van der Waals surface area contributed by atoms with E-state index in [1.807, 2.05) is 18.2 Å². The third-order valence-corrected chi connectivity index (χ3v) is 6.74. The summed E-state index contributed by atoms with van der Waals surface area (Å²) in [7, 11) is 0.872. The Morgan fingerprint density at radius 1 is 1.11 bits per heavy atom. The molecule has 0 saturated heterocycles. The minimum atomic E-state index is -3.42. The lowest BCUT2D eigenvalue weighted by Gasteiger charge is -2.20. The summed E-state index contributed by atoms with van der Waals surface area (Å²) in [4.78, 5) is 24.2. The highest BCUT2D eigenvalue weighted by Crippen LogP contribution is 2.28. The number of benzene rings is 2. The lowest BCUT2D eigenvalue weighted by molar-refractivity contribution is 0.0597. The highest BCUT2D eigenvalue weighted by Gasteiger charge is 2.17. The number of nitrogens with zero attached hydrogens (tertiary/aromatic N) is 3. The van der Waals surface area contributed by atoms with Crippen LogP contribution >= 0.6 is 0 Å². The van der Waals surface area contributed by atoms with Crippen molar-refractivity contribution in [1.82, 2.24) is 15.0 Å². The van der Waals surface area contributed by atoms with Gasteiger partial charge in [0, 0.05) is 31.5 Å². The quantitative estimate of drug-likeness (QED) is 0.289. The Labute approximate surface area is 208 Å². The van der Waals surface area contributed by atoms with Gasteiger partial charge in [0.05, 0.1) is 31.5 Å². The molecule has 0 saturated carbocycles. The number of esters is 1. The van der Waals surface area contributed by atoms with Crippen molar-refractivity contribution in [2.24, 2.45) is 0 Å². The number of ether oxygens (including phenoxy) is 2. The lowest BCUT2D eigenvalue weighted by atomic mass is 10.1. The van der Waals surface area contributed by atoms with Crippen LogP contribution in [0, 0.1) is 0 Å². The van der Waals surface area contributed by atoms with Crippen molar-refractivity contribution in [3.05, 3.63) is 65.9 Å². The molecule has 0 fully saturated rings. The van der Waals surface area contributed by atoms with Crippen LogP contribution in [0.15, 0.2) is 54.7 Å². The molecular formula is C24H26N6O5S. The minimum Gasteiger partial charge on any atom is -0.496 e. The molecule has 2 heterocycles. The van der Waals surface area contributed by atoms with Gasteiger partial charge in [0.25, 0.3) is 0 Å². The molecule has 2 aromatic heterocycles. The van der Waals surface area contributed by atoms with Crippen LogP contribution in [-0.2, 0) is 21.3 Å². The molecule has 0 aliphatic carbocycles. The van der Waals surface area contributed by atoms with Crippen molar-refractivity contribution in [3.63, 3.8) is 0 Å². The normalized spacial score (nSPS) is 11.2. The fourth-order valence-electron chi connectivity index (χ4n) is 3.63. The third kappa shape index (κ3) is 5.18. The first kappa shape index (κ1) is 24.8. The molecule has 11 nitrogen and oxygen atoms in total. The highest BCUT2D eigenvalue weighted by atomic mass is 32.2. The lowest BCUT2D eigenvalue weighted by Crippen LogP contribution is -2.26. The molecule has 4 rings (SSSR count). The van der Waals surface area contributed by atoms with Crippen LogP contribution in [0.4, 0.5) is 23.1 Å². The van der Waals surface area contributed by atoms with Crippen molar-refractivity contribution < 1.29 is 22.7 Å². The smallest absolute Gasteiger partial charge is 0.341 e. The Morgan fingerprint density at radius 2 is 1.89 bits per heavy atom. The number of aromatic nitrogens is 3. The van der Waals surface area contributed by atoms with E-state index in [4.69, 9.17) is 9.47 Å². The second-order valence-corrected chi connectivity index (χ2v) is 9.89. The topological polar surface area (TPSA) is 139 Å². The number of rotatable bonds is 9. The highest BCUT2D eigenvalue weighted by molar-refractivity contribution is 7.92. The summed E-state index contributed by atoms with van der Waals surface area (Å²) >= 11 is 0. The average molecular weight is 511 g/mol. The predicted octanol–water partition coefficient (Wildman–Crippen LogP) is 3.50. The Bertz CT molecular complexity index is 1520. The van der Waals surface area contributed by atoms with E-state index in [-0.39, 0.29) is 0 Å². The fraction of sp³-hybridized carbons (Fsp3) is 0.208. The van der Waals surface area contributed by atoms with Crippen LogP contribution in [0.3, 0.4) is 0 Å².